The van der Waals surface area contributed by atoms with Gasteiger partial charge < -0.3 is 4.74 Å². The van der Waals surface area contributed by atoms with Gasteiger partial charge in [0.05, 0.1) is 6.26 Å². The first kappa shape index (κ1) is 10.8. The number of benzene rings is 1. The number of allylic oxidation sites excluding steroid dienone is 1. The van der Waals surface area contributed by atoms with Crippen molar-refractivity contribution < 1.29 is 4.74 Å². The standard InChI is InChI=1S/C13H18O/c1-5-8-14-13-9-11(4)6-7-12(13)10(2)3/h5-10H,1-4H3/b8-5+. The largest absolute Gasteiger partial charge is 0.465 e. The molecular formula is C13H18O. The molecule has 0 saturated heterocycles. The van der Waals surface area contributed by atoms with E-state index in [0.29, 0.717) is 5.92 Å². The predicted molar refractivity (Wildman–Crippen MR) is 60.7 cm³/mol. The van der Waals surface area contributed by atoms with E-state index >= 15 is 0 Å². The zero-order valence-electron chi connectivity index (χ0n) is 9.37. The molecule has 0 aliphatic carbocycles. The van der Waals surface area contributed by atoms with E-state index in [-0.39, 0.29) is 0 Å². The van der Waals surface area contributed by atoms with E-state index < -0.39 is 0 Å². The topological polar surface area (TPSA) is 9.23 Å². The average molecular weight is 190 g/mol. The van der Waals surface area contributed by atoms with E-state index in [0.717, 1.165) is 5.75 Å². The third-order valence-corrected chi connectivity index (χ3v) is 2.12. The second-order valence-electron chi connectivity index (χ2n) is 3.78. The van der Waals surface area contributed by atoms with Gasteiger partial charge in [0.15, 0.2) is 0 Å². The summed E-state index contributed by atoms with van der Waals surface area (Å²) in [5.41, 5.74) is 2.49. The van der Waals surface area contributed by atoms with Gasteiger partial charge in [-0.05, 0) is 37.0 Å². The lowest BCUT2D eigenvalue weighted by Gasteiger charge is -2.12. The molecule has 0 unspecified atom stereocenters. The second-order valence-corrected chi connectivity index (χ2v) is 3.78. The molecule has 0 aliphatic heterocycles. The van der Waals surface area contributed by atoms with Crippen molar-refractivity contribution in [1.82, 2.24) is 0 Å². The van der Waals surface area contributed by atoms with Crippen molar-refractivity contribution in [3.05, 3.63) is 41.7 Å². The van der Waals surface area contributed by atoms with Crippen LogP contribution in [0.2, 0.25) is 0 Å². The highest BCUT2D eigenvalue weighted by Gasteiger charge is 2.06. The molecule has 0 spiro atoms. The lowest BCUT2D eigenvalue weighted by Crippen LogP contribution is -1.93. The Balaban J connectivity index is 3.02. The van der Waals surface area contributed by atoms with E-state index in [1.165, 1.54) is 11.1 Å². The zero-order valence-corrected chi connectivity index (χ0v) is 9.37. The molecule has 0 fully saturated rings. The second kappa shape index (κ2) is 4.85. The highest BCUT2D eigenvalue weighted by molar-refractivity contribution is 5.39. The Morgan fingerprint density at radius 3 is 2.57 bits per heavy atom. The summed E-state index contributed by atoms with van der Waals surface area (Å²) in [5, 5.41) is 0. The smallest absolute Gasteiger partial charge is 0.130 e. The number of rotatable bonds is 3. The normalized spacial score (nSPS) is 11.2. The maximum atomic E-state index is 5.55. The van der Waals surface area contributed by atoms with Crippen LogP contribution in [0.4, 0.5) is 0 Å². The molecule has 0 bridgehead atoms. The van der Waals surface area contributed by atoms with E-state index in [4.69, 9.17) is 4.74 Å². The summed E-state index contributed by atoms with van der Waals surface area (Å²) in [6.45, 7) is 8.37. The van der Waals surface area contributed by atoms with Gasteiger partial charge in [0, 0.05) is 0 Å². The summed E-state index contributed by atoms with van der Waals surface area (Å²) >= 11 is 0. The summed E-state index contributed by atoms with van der Waals surface area (Å²) in [6, 6.07) is 6.34. The monoisotopic (exact) mass is 190 g/mol. The van der Waals surface area contributed by atoms with Crippen molar-refractivity contribution in [3.63, 3.8) is 0 Å². The Kier molecular flexibility index (Phi) is 3.75. The van der Waals surface area contributed by atoms with Crippen molar-refractivity contribution >= 4 is 0 Å². The van der Waals surface area contributed by atoms with Gasteiger partial charge in [-0.3, -0.25) is 0 Å². The minimum atomic E-state index is 0.496. The summed E-state index contributed by atoms with van der Waals surface area (Å²) in [5.74, 6) is 1.47. The van der Waals surface area contributed by atoms with Crippen molar-refractivity contribution in [2.24, 2.45) is 0 Å². The first-order chi connectivity index (χ1) is 6.65. The molecule has 1 heteroatoms. The molecule has 0 heterocycles. The van der Waals surface area contributed by atoms with Crippen LogP contribution in [0.15, 0.2) is 30.5 Å². The number of ether oxygens (including phenoxy) is 1. The van der Waals surface area contributed by atoms with Crippen molar-refractivity contribution in [2.75, 3.05) is 0 Å². The zero-order chi connectivity index (χ0) is 10.6. The summed E-state index contributed by atoms with van der Waals surface area (Å²) < 4.78 is 5.55. The molecule has 1 nitrogen and oxygen atoms in total. The van der Waals surface area contributed by atoms with Crippen LogP contribution in [0.5, 0.6) is 5.75 Å². The molecule has 76 valence electrons. The van der Waals surface area contributed by atoms with Crippen LogP contribution in [0.25, 0.3) is 0 Å². The lowest BCUT2D eigenvalue weighted by atomic mass is 10.0. The third kappa shape index (κ3) is 2.63. The van der Waals surface area contributed by atoms with E-state index in [9.17, 15) is 0 Å². The molecular weight excluding hydrogens is 172 g/mol. The van der Waals surface area contributed by atoms with Gasteiger partial charge in [-0.25, -0.2) is 0 Å². The van der Waals surface area contributed by atoms with Gasteiger partial charge in [-0.15, -0.1) is 0 Å². The Labute approximate surface area is 86.4 Å². The molecule has 0 amide bonds. The van der Waals surface area contributed by atoms with Crippen LogP contribution in [-0.4, -0.2) is 0 Å². The van der Waals surface area contributed by atoms with Crippen LogP contribution in [-0.2, 0) is 0 Å². The summed E-state index contributed by atoms with van der Waals surface area (Å²) in [7, 11) is 0. The van der Waals surface area contributed by atoms with E-state index in [1.807, 2.05) is 13.0 Å². The SMILES string of the molecule is C/C=C/Oc1cc(C)ccc1C(C)C. The third-order valence-electron chi connectivity index (χ3n) is 2.12. The molecule has 1 aromatic carbocycles. The number of aryl methyl sites for hydroxylation is 1. The van der Waals surface area contributed by atoms with Gasteiger partial charge >= 0.3 is 0 Å². The molecule has 0 aromatic heterocycles. The fourth-order valence-corrected chi connectivity index (χ4v) is 1.36. The first-order valence-electron chi connectivity index (χ1n) is 5.03. The quantitative estimate of drug-likeness (QED) is 0.654. The Morgan fingerprint density at radius 2 is 2.00 bits per heavy atom. The minimum absolute atomic E-state index is 0.496. The minimum Gasteiger partial charge on any atom is -0.465 e. The average Bonchev–Trinajstić information content (AvgIpc) is 2.14. The maximum Gasteiger partial charge on any atom is 0.130 e. The maximum absolute atomic E-state index is 5.55. The summed E-state index contributed by atoms with van der Waals surface area (Å²) in [6.07, 6.45) is 3.62. The summed E-state index contributed by atoms with van der Waals surface area (Å²) in [4.78, 5) is 0. The van der Waals surface area contributed by atoms with Crippen LogP contribution >= 0.6 is 0 Å². The fourth-order valence-electron chi connectivity index (χ4n) is 1.36. The Bertz CT molecular complexity index is 324. The molecule has 0 aliphatic rings. The molecule has 0 atom stereocenters. The highest BCUT2D eigenvalue weighted by atomic mass is 16.5. The van der Waals surface area contributed by atoms with Crippen LogP contribution in [0, 0.1) is 6.92 Å². The van der Waals surface area contributed by atoms with Gasteiger partial charge in [0.2, 0.25) is 0 Å². The number of hydrogen-bond acceptors (Lipinski definition) is 1. The molecule has 1 aromatic rings. The van der Waals surface area contributed by atoms with Gasteiger partial charge in [0.25, 0.3) is 0 Å². The molecule has 1 rings (SSSR count). The van der Waals surface area contributed by atoms with Gasteiger partial charge in [0.1, 0.15) is 5.75 Å². The highest BCUT2D eigenvalue weighted by Crippen LogP contribution is 2.27. The van der Waals surface area contributed by atoms with Crippen LogP contribution in [0.1, 0.15) is 37.8 Å². The molecule has 0 N–H and O–H groups in total. The first-order valence-corrected chi connectivity index (χ1v) is 5.03. The predicted octanol–water partition coefficient (Wildman–Crippen LogP) is 4.03. The Hall–Kier alpha value is -1.24. The molecule has 0 saturated carbocycles. The van der Waals surface area contributed by atoms with Crippen molar-refractivity contribution in [2.45, 2.75) is 33.6 Å². The Morgan fingerprint density at radius 1 is 1.29 bits per heavy atom. The van der Waals surface area contributed by atoms with Crippen molar-refractivity contribution in [3.8, 4) is 5.75 Å². The van der Waals surface area contributed by atoms with E-state index in [2.05, 4.69) is 39.0 Å². The van der Waals surface area contributed by atoms with E-state index in [1.54, 1.807) is 6.26 Å². The fraction of sp³-hybridized carbons (Fsp3) is 0.385. The van der Waals surface area contributed by atoms with Crippen LogP contribution in [0.3, 0.4) is 0 Å². The van der Waals surface area contributed by atoms with Crippen molar-refractivity contribution in [1.29, 1.82) is 0 Å². The van der Waals surface area contributed by atoms with Gasteiger partial charge in [-0.2, -0.15) is 0 Å². The van der Waals surface area contributed by atoms with Gasteiger partial charge in [-0.1, -0.05) is 32.1 Å². The molecule has 14 heavy (non-hydrogen) atoms. The van der Waals surface area contributed by atoms with Crippen LogP contribution < -0.4 is 4.74 Å². The number of hydrogen-bond donors (Lipinski definition) is 0. The lowest BCUT2D eigenvalue weighted by molar-refractivity contribution is 0.470. The molecule has 0 radical (unpaired) electrons.